The van der Waals surface area contributed by atoms with Crippen LogP contribution in [0.2, 0.25) is 0 Å². The van der Waals surface area contributed by atoms with E-state index in [0.29, 0.717) is 31.5 Å². The first-order chi connectivity index (χ1) is 11.5. The van der Waals surface area contributed by atoms with Crippen LogP contribution in [-0.4, -0.2) is 24.8 Å². The summed E-state index contributed by atoms with van der Waals surface area (Å²) in [4.78, 5) is 23.0. The molecule has 2 aromatic rings. The van der Waals surface area contributed by atoms with Crippen molar-refractivity contribution in [3.05, 3.63) is 65.5 Å². The summed E-state index contributed by atoms with van der Waals surface area (Å²) in [5.41, 5.74) is 2.53. The number of Topliss-reactive ketones (excluding diaryl/α,β-unsaturated/α-hetero) is 1. The fourth-order valence-corrected chi connectivity index (χ4v) is 2.23. The van der Waals surface area contributed by atoms with Crippen molar-refractivity contribution in [1.82, 2.24) is 5.32 Å². The van der Waals surface area contributed by atoms with Gasteiger partial charge in [0.1, 0.15) is 5.82 Å². The second-order valence-electron chi connectivity index (χ2n) is 5.54. The lowest BCUT2D eigenvalue weighted by Crippen LogP contribution is -2.27. The minimum Gasteiger partial charge on any atom is -0.385 e. The van der Waals surface area contributed by atoms with Gasteiger partial charge in [-0.25, -0.2) is 4.39 Å². The molecule has 0 spiro atoms. The molecular formula is C19H21FN2O2. The molecule has 5 heteroatoms. The van der Waals surface area contributed by atoms with Crippen LogP contribution in [0, 0.1) is 5.82 Å². The molecule has 1 amide bonds. The minimum atomic E-state index is -0.259. The van der Waals surface area contributed by atoms with Crippen molar-refractivity contribution in [2.24, 2.45) is 0 Å². The van der Waals surface area contributed by atoms with Crippen LogP contribution < -0.4 is 10.6 Å². The van der Waals surface area contributed by atoms with Gasteiger partial charge in [-0.1, -0.05) is 12.1 Å². The first-order valence-corrected chi connectivity index (χ1v) is 7.90. The number of hydrogen-bond donors (Lipinski definition) is 2. The van der Waals surface area contributed by atoms with Gasteiger partial charge in [-0.15, -0.1) is 0 Å². The van der Waals surface area contributed by atoms with E-state index in [1.165, 1.54) is 19.1 Å². The maximum Gasteiger partial charge on any atom is 0.221 e. The van der Waals surface area contributed by atoms with Crippen molar-refractivity contribution in [1.29, 1.82) is 0 Å². The molecule has 0 aliphatic rings. The summed E-state index contributed by atoms with van der Waals surface area (Å²) in [7, 11) is 0. The van der Waals surface area contributed by atoms with Crippen LogP contribution in [0.5, 0.6) is 0 Å². The van der Waals surface area contributed by atoms with Crippen LogP contribution in [0.25, 0.3) is 0 Å². The van der Waals surface area contributed by atoms with Gasteiger partial charge in [-0.2, -0.15) is 0 Å². The van der Waals surface area contributed by atoms with Crippen molar-refractivity contribution in [3.63, 3.8) is 0 Å². The molecule has 0 saturated carbocycles. The van der Waals surface area contributed by atoms with Crippen molar-refractivity contribution >= 4 is 17.4 Å². The maximum atomic E-state index is 12.8. The van der Waals surface area contributed by atoms with E-state index in [1.807, 2.05) is 12.1 Å². The zero-order valence-corrected chi connectivity index (χ0v) is 13.6. The summed E-state index contributed by atoms with van der Waals surface area (Å²) in [5, 5.41) is 5.98. The molecule has 0 aliphatic carbocycles. The molecule has 0 unspecified atom stereocenters. The molecule has 126 valence electrons. The Kier molecular flexibility index (Phi) is 6.49. The zero-order chi connectivity index (χ0) is 17.4. The highest BCUT2D eigenvalue weighted by Crippen LogP contribution is 2.09. The number of anilines is 1. The van der Waals surface area contributed by atoms with Crippen molar-refractivity contribution in [2.45, 2.75) is 19.8 Å². The fraction of sp³-hybridized carbons (Fsp3) is 0.263. The Hall–Kier alpha value is -2.69. The number of ketones is 1. The molecule has 0 saturated heterocycles. The average molecular weight is 328 g/mol. The number of carbonyl (C=O) groups excluding carboxylic acids is 2. The van der Waals surface area contributed by atoms with E-state index in [4.69, 9.17) is 0 Å². The third-order valence-corrected chi connectivity index (χ3v) is 3.62. The maximum absolute atomic E-state index is 12.8. The number of halogens is 1. The highest BCUT2D eigenvalue weighted by Gasteiger charge is 2.02. The van der Waals surface area contributed by atoms with Crippen LogP contribution in [-0.2, 0) is 11.2 Å². The molecule has 0 aromatic heterocycles. The van der Waals surface area contributed by atoms with Gasteiger partial charge in [0.05, 0.1) is 0 Å². The number of benzene rings is 2. The topological polar surface area (TPSA) is 58.2 Å². The van der Waals surface area contributed by atoms with Crippen molar-refractivity contribution < 1.29 is 14.0 Å². The van der Waals surface area contributed by atoms with Crippen LogP contribution in [0.4, 0.5) is 10.1 Å². The lowest BCUT2D eigenvalue weighted by Gasteiger charge is -2.08. The third kappa shape index (κ3) is 5.83. The highest BCUT2D eigenvalue weighted by molar-refractivity contribution is 5.94. The van der Waals surface area contributed by atoms with Gasteiger partial charge in [0.15, 0.2) is 5.78 Å². The summed E-state index contributed by atoms with van der Waals surface area (Å²) in [6, 6.07) is 13.4. The van der Waals surface area contributed by atoms with Crippen LogP contribution in [0.15, 0.2) is 48.5 Å². The first-order valence-electron chi connectivity index (χ1n) is 7.90. The Labute approximate surface area is 141 Å². The summed E-state index contributed by atoms with van der Waals surface area (Å²) >= 11 is 0. The Morgan fingerprint density at radius 2 is 1.62 bits per heavy atom. The van der Waals surface area contributed by atoms with E-state index >= 15 is 0 Å². The van der Waals surface area contributed by atoms with E-state index in [9.17, 15) is 14.0 Å². The second-order valence-corrected chi connectivity index (χ2v) is 5.54. The highest BCUT2D eigenvalue weighted by atomic mass is 19.1. The minimum absolute atomic E-state index is 0.0297. The lowest BCUT2D eigenvalue weighted by molar-refractivity contribution is -0.120. The van der Waals surface area contributed by atoms with Crippen molar-refractivity contribution in [2.75, 3.05) is 18.4 Å². The molecule has 0 heterocycles. The Morgan fingerprint density at radius 1 is 0.958 bits per heavy atom. The van der Waals surface area contributed by atoms with E-state index in [-0.39, 0.29) is 17.5 Å². The van der Waals surface area contributed by atoms with Gasteiger partial charge in [-0.3, -0.25) is 9.59 Å². The number of carbonyl (C=O) groups is 2. The van der Waals surface area contributed by atoms with Crippen LogP contribution >= 0.6 is 0 Å². The smallest absolute Gasteiger partial charge is 0.221 e. The predicted molar refractivity (Wildman–Crippen MR) is 92.7 cm³/mol. The van der Waals surface area contributed by atoms with E-state index in [2.05, 4.69) is 10.6 Å². The van der Waals surface area contributed by atoms with E-state index < -0.39 is 0 Å². The molecule has 2 rings (SSSR count). The third-order valence-electron chi connectivity index (χ3n) is 3.62. The molecule has 0 radical (unpaired) electrons. The van der Waals surface area contributed by atoms with Crippen molar-refractivity contribution in [3.8, 4) is 0 Å². The number of rotatable bonds is 8. The normalized spacial score (nSPS) is 10.2. The Balaban J connectivity index is 1.64. The average Bonchev–Trinajstić information content (AvgIpc) is 2.57. The molecule has 0 bridgehead atoms. The molecule has 24 heavy (non-hydrogen) atoms. The second kappa shape index (κ2) is 8.82. The fourth-order valence-electron chi connectivity index (χ4n) is 2.23. The number of nitrogens with one attached hydrogen (secondary N) is 2. The SMILES string of the molecule is CC(=O)c1ccc(NCCC(=O)NCCc2ccc(F)cc2)cc1. The summed E-state index contributed by atoms with van der Waals surface area (Å²) < 4.78 is 12.8. The Bertz CT molecular complexity index is 682. The van der Waals surface area contributed by atoms with E-state index in [0.717, 1.165) is 11.3 Å². The van der Waals surface area contributed by atoms with Gasteiger partial charge in [0, 0.05) is 30.8 Å². The van der Waals surface area contributed by atoms with Gasteiger partial charge in [0.25, 0.3) is 0 Å². The van der Waals surface area contributed by atoms with Gasteiger partial charge in [-0.05, 0) is 55.3 Å². The molecular weight excluding hydrogens is 307 g/mol. The molecule has 0 fully saturated rings. The molecule has 0 aliphatic heterocycles. The van der Waals surface area contributed by atoms with Gasteiger partial charge in [0.2, 0.25) is 5.91 Å². The largest absolute Gasteiger partial charge is 0.385 e. The van der Waals surface area contributed by atoms with E-state index in [1.54, 1.807) is 24.3 Å². The summed E-state index contributed by atoms with van der Waals surface area (Å²) in [5.74, 6) is -0.266. The predicted octanol–water partition coefficient (Wildman–Crippen LogP) is 3.19. The first kappa shape index (κ1) is 17.7. The molecule has 4 nitrogen and oxygen atoms in total. The lowest BCUT2D eigenvalue weighted by atomic mass is 10.1. The van der Waals surface area contributed by atoms with Gasteiger partial charge >= 0.3 is 0 Å². The van der Waals surface area contributed by atoms with Gasteiger partial charge < -0.3 is 10.6 Å². The summed E-state index contributed by atoms with van der Waals surface area (Å²) in [6.45, 7) is 2.57. The number of hydrogen-bond acceptors (Lipinski definition) is 3. The van der Waals surface area contributed by atoms with Crippen LogP contribution in [0.3, 0.4) is 0 Å². The molecule has 2 N–H and O–H groups in total. The van der Waals surface area contributed by atoms with Crippen LogP contribution in [0.1, 0.15) is 29.3 Å². The summed E-state index contributed by atoms with van der Waals surface area (Å²) in [6.07, 6.45) is 1.03. The Morgan fingerprint density at radius 3 is 2.25 bits per heavy atom. The molecule has 2 aromatic carbocycles. The standard InChI is InChI=1S/C19H21FN2O2/c1-14(23)16-4-8-18(9-5-16)21-13-11-19(24)22-12-10-15-2-6-17(20)7-3-15/h2-9,21H,10-13H2,1H3,(H,22,24). The quantitative estimate of drug-likeness (QED) is 0.732. The number of amides is 1. The monoisotopic (exact) mass is 328 g/mol. The zero-order valence-electron chi connectivity index (χ0n) is 13.6. The molecule has 0 atom stereocenters.